The monoisotopic (exact) mass is 285 g/mol. The van der Waals surface area contributed by atoms with Gasteiger partial charge in [0, 0.05) is 18.0 Å². The zero-order valence-electron chi connectivity index (χ0n) is 10.2. The minimum Gasteiger partial charge on any atom is -0.271 e. The van der Waals surface area contributed by atoms with E-state index < -0.39 is 23.6 Å². The summed E-state index contributed by atoms with van der Waals surface area (Å²) in [6, 6.07) is 4.48. The summed E-state index contributed by atoms with van der Waals surface area (Å²) >= 11 is 0. The fourth-order valence-electron chi connectivity index (χ4n) is 1.85. The van der Waals surface area contributed by atoms with Gasteiger partial charge in [0.2, 0.25) is 0 Å². The molecule has 2 rings (SSSR count). The second-order valence-electron chi connectivity index (χ2n) is 4.12. The summed E-state index contributed by atoms with van der Waals surface area (Å²) in [5.74, 6) is 4.57. The predicted molar refractivity (Wildman–Crippen MR) is 64.8 cm³/mol. The number of halogens is 4. The molecule has 3 N–H and O–H groups in total. The molecular formula is C13H11F4N3. The summed E-state index contributed by atoms with van der Waals surface area (Å²) < 4.78 is 51.8. The molecule has 7 heteroatoms. The summed E-state index contributed by atoms with van der Waals surface area (Å²) in [6.07, 6.45) is -1.64. The number of nitrogens with zero attached hydrogens (tertiary/aromatic N) is 1. The zero-order chi connectivity index (χ0) is 14.8. The zero-order valence-corrected chi connectivity index (χ0v) is 10.2. The van der Waals surface area contributed by atoms with Gasteiger partial charge in [-0.05, 0) is 29.8 Å². The minimum atomic E-state index is -4.55. The van der Waals surface area contributed by atoms with Gasteiger partial charge in [0.05, 0.1) is 11.6 Å². The van der Waals surface area contributed by atoms with E-state index in [1.54, 1.807) is 12.1 Å². The van der Waals surface area contributed by atoms with Gasteiger partial charge in [0.25, 0.3) is 0 Å². The molecule has 1 unspecified atom stereocenters. The van der Waals surface area contributed by atoms with Crippen LogP contribution < -0.4 is 11.3 Å². The van der Waals surface area contributed by atoms with Gasteiger partial charge in [0.15, 0.2) is 0 Å². The Kier molecular flexibility index (Phi) is 4.01. The van der Waals surface area contributed by atoms with Gasteiger partial charge in [-0.1, -0.05) is 6.07 Å². The molecule has 0 aliphatic carbocycles. The molecule has 1 aromatic carbocycles. The van der Waals surface area contributed by atoms with Crippen molar-refractivity contribution in [3.63, 3.8) is 0 Å². The number of rotatable bonds is 3. The quantitative estimate of drug-likeness (QED) is 0.518. The molecule has 2 aromatic rings. The lowest BCUT2D eigenvalue weighted by atomic mass is 9.98. The summed E-state index contributed by atoms with van der Waals surface area (Å²) in [6.45, 7) is 0. The maximum atomic E-state index is 13.8. The molecule has 0 amide bonds. The molecule has 1 atom stereocenters. The third-order valence-electron chi connectivity index (χ3n) is 2.82. The maximum absolute atomic E-state index is 13.8. The lowest BCUT2D eigenvalue weighted by Crippen LogP contribution is -2.30. The molecule has 106 valence electrons. The third-order valence-corrected chi connectivity index (χ3v) is 2.82. The number of aromatic nitrogens is 1. The molecule has 0 aliphatic rings. The standard InChI is InChI=1S/C13H11F4N3/c14-11-4-3-9(13(15,16)17)6-10(11)12(20-18)8-2-1-5-19-7-8/h1-7,12,20H,18H2. The van der Waals surface area contributed by atoms with Crippen LogP contribution in [-0.4, -0.2) is 4.98 Å². The summed E-state index contributed by atoms with van der Waals surface area (Å²) in [5.41, 5.74) is 1.66. The van der Waals surface area contributed by atoms with Crippen molar-refractivity contribution in [3.8, 4) is 0 Å². The van der Waals surface area contributed by atoms with Gasteiger partial charge >= 0.3 is 6.18 Å². The first kappa shape index (κ1) is 14.4. The highest BCUT2D eigenvalue weighted by molar-refractivity contribution is 5.35. The Morgan fingerprint density at radius 2 is 1.95 bits per heavy atom. The van der Waals surface area contributed by atoms with Gasteiger partial charge in [-0.25, -0.2) is 9.82 Å². The number of hydrazine groups is 1. The fraction of sp³-hybridized carbons (Fsp3) is 0.154. The van der Waals surface area contributed by atoms with E-state index in [0.717, 1.165) is 12.1 Å². The van der Waals surface area contributed by atoms with Crippen LogP contribution in [0.1, 0.15) is 22.7 Å². The average Bonchev–Trinajstić information content (AvgIpc) is 2.41. The lowest BCUT2D eigenvalue weighted by Gasteiger charge is -2.18. The molecule has 0 fully saturated rings. The topological polar surface area (TPSA) is 50.9 Å². The van der Waals surface area contributed by atoms with Crippen LogP contribution in [0.15, 0.2) is 42.7 Å². The number of benzene rings is 1. The Morgan fingerprint density at radius 3 is 2.50 bits per heavy atom. The number of nitrogens with one attached hydrogen (secondary N) is 1. The van der Waals surface area contributed by atoms with Crippen molar-refractivity contribution in [3.05, 3.63) is 65.2 Å². The van der Waals surface area contributed by atoms with E-state index in [1.807, 2.05) is 0 Å². The Morgan fingerprint density at radius 1 is 1.20 bits per heavy atom. The molecule has 0 aliphatic heterocycles. The molecule has 0 radical (unpaired) electrons. The molecule has 1 heterocycles. The van der Waals surface area contributed by atoms with Gasteiger partial charge in [-0.15, -0.1) is 0 Å². The minimum absolute atomic E-state index is 0.185. The fourth-order valence-corrected chi connectivity index (χ4v) is 1.85. The molecule has 0 bridgehead atoms. The summed E-state index contributed by atoms with van der Waals surface area (Å²) in [7, 11) is 0. The van der Waals surface area contributed by atoms with Gasteiger partial charge < -0.3 is 0 Å². The highest BCUT2D eigenvalue weighted by atomic mass is 19.4. The van der Waals surface area contributed by atoms with Crippen molar-refractivity contribution < 1.29 is 17.6 Å². The molecule has 1 aromatic heterocycles. The smallest absolute Gasteiger partial charge is 0.271 e. The molecule has 0 saturated heterocycles. The highest BCUT2D eigenvalue weighted by Gasteiger charge is 2.32. The number of hydrogen-bond acceptors (Lipinski definition) is 3. The van der Waals surface area contributed by atoms with Crippen molar-refractivity contribution in [1.29, 1.82) is 0 Å². The van der Waals surface area contributed by atoms with Crippen LogP contribution in [0.3, 0.4) is 0 Å². The largest absolute Gasteiger partial charge is 0.416 e. The highest BCUT2D eigenvalue weighted by Crippen LogP contribution is 2.33. The second kappa shape index (κ2) is 5.56. The van der Waals surface area contributed by atoms with Crippen LogP contribution in [0.2, 0.25) is 0 Å². The molecular weight excluding hydrogens is 274 g/mol. The van der Waals surface area contributed by atoms with Crippen LogP contribution in [-0.2, 0) is 6.18 Å². The van der Waals surface area contributed by atoms with E-state index in [0.29, 0.717) is 11.6 Å². The molecule has 20 heavy (non-hydrogen) atoms. The molecule has 0 saturated carbocycles. The third kappa shape index (κ3) is 2.94. The van der Waals surface area contributed by atoms with Crippen molar-refractivity contribution in [2.75, 3.05) is 0 Å². The molecule has 0 spiro atoms. The van der Waals surface area contributed by atoms with E-state index in [2.05, 4.69) is 10.4 Å². The van der Waals surface area contributed by atoms with Crippen LogP contribution in [0, 0.1) is 5.82 Å². The van der Waals surface area contributed by atoms with Crippen LogP contribution in [0.25, 0.3) is 0 Å². The van der Waals surface area contributed by atoms with Gasteiger partial charge in [-0.3, -0.25) is 10.8 Å². The Bertz CT molecular complexity index is 584. The Hall–Kier alpha value is -1.99. The summed E-state index contributed by atoms with van der Waals surface area (Å²) in [4.78, 5) is 3.84. The molecule has 3 nitrogen and oxygen atoms in total. The number of alkyl halides is 3. The SMILES string of the molecule is NNC(c1cccnc1)c1cc(C(F)(F)F)ccc1F. The number of hydrogen-bond donors (Lipinski definition) is 2. The predicted octanol–water partition coefficient (Wildman–Crippen LogP) is 2.79. The van der Waals surface area contributed by atoms with Crippen LogP contribution in [0.5, 0.6) is 0 Å². The van der Waals surface area contributed by atoms with Crippen LogP contribution in [0.4, 0.5) is 17.6 Å². The number of nitrogens with two attached hydrogens (primary N) is 1. The van der Waals surface area contributed by atoms with Gasteiger partial charge in [0.1, 0.15) is 5.82 Å². The van der Waals surface area contributed by atoms with E-state index in [4.69, 9.17) is 5.84 Å². The van der Waals surface area contributed by atoms with Crippen molar-refractivity contribution in [1.82, 2.24) is 10.4 Å². The van der Waals surface area contributed by atoms with Crippen molar-refractivity contribution >= 4 is 0 Å². The van der Waals surface area contributed by atoms with Crippen molar-refractivity contribution in [2.24, 2.45) is 5.84 Å². The second-order valence-corrected chi connectivity index (χ2v) is 4.12. The maximum Gasteiger partial charge on any atom is 0.416 e. The lowest BCUT2D eigenvalue weighted by molar-refractivity contribution is -0.137. The van der Waals surface area contributed by atoms with Crippen LogP contribution >= 0.6 is 0 Å². The Labute approximate surface area is 112 Å². The average molecular weight is 285 g/mol. The summed E-state index contributed by atoms with van der Waals surface area (Å²) in [5, 5.41) is 0. The normalized spacial score (nSPS) is 13.2. The first-order valence-corrected chi connectivity index (χ1v) is 5.66. The van der Waals surface area contributed by atoms with E-state index in [9.17, 15) is 17.6 Å². The van der Waals surface area contributed by atoms with E-state index in [-0.39, 0.29) is 5.56 Å². The van der Waals surface area contributed by atoms with Gasteiger partial charge in [-0.2, -0.15) is 13.2 Å². The van der Waals surface area contributed by atoms with E-state index >= 15 is 0 Å². The van der Waals surface area contributed by atoms with Crippen molar-refractivity contribution in [2.45, 2.75) is 12.2 Å². The van der Waals surface area contributed by atoms with E-state index in [1.165, 1.54) is 12.4 Å². The Balaban J connectivity index is 2.50. The first-order valence-electron chi connectivity index (χ1n) is 5.66. The number of pyridine rings is 1. The first-order chi connectivity index (χ1) is 9.43.